The van der Waals surface area contributed by atoms with Crippen LogP contribution in [0, 0.1) is 6.92 Å². The zero-order valence-corrected chi connectivity index (χ0v) is 19.6. The highest BCUT2D eigenvalue weighted by atomic mass is 32.1. The Labute approximate surface area is 200 Å². The van der Waals surface area contributed by atoms with E-state index < -0.39 is 11.4 Å². The summed E-state index contributed by atoms with van der Waals surface area (Å²) in [6.07, 6.45) is 2.70. The molecule has 1 aliphatic heterocycles. The SMILES string of the molecule is CCn1cc(C(=O)O)c(=O)c2cnc(N3CCN(C(=S)NC(=O)c4ccccc4C)CC3)nc21. The number of fused-ring (bicyclic) bond motifs is 1. The smallest absolute Gasteiger partial charge is 0.341 e. The van der Waals surface area contributed by atoms with Crippen LogP contribution in [0.15, 0.2) is 41.5 Å². The van der Waals surface area contributed by atoms with Gasteiger partial charge in [0.05, 0.1) is 5.39 Å². The molecule has 1 saturated heterocycles. The zero-order chi connectivity index (χ0) is 24.4. The molecule has 34 heavy (non-hydrogen) atoms. The number of aromatic nitrogens is 3. The first-order chi connectivity index (χ1) is 16.3. The third kappa shape index (κ3) is 4.46. The number of carboxylic acids is 1. The normalized spacial score (nSPS) is 13.7. The van der Waals surface area contributed by atoms with Gasteiger partial charge in [-0.3, -0.25) is 14.9 Å². The molecular formula is C23H24N6O4S. The Hall–Kier alpha value is -3.86. The minimum Gasteiger partial charge on any atom is -0.477 e. The Morgan fingerprint density at radius 1 is 1.15 bits per heavy atom. The molecule has 1 aliphatic rings. The first-order valence-corrected chi connectivity index (χ1v) is 11.2. The van der Waals surface area contributed by atoms with Gasteiger partial charge in [-0.1, -0.05) is 18.2 Å². The maximum Gasteiger partial charge on any atom is 0.341 e. The van der Waals surface area contributed by atoms with Gasteiger partial charge in [0.25, 0.3) is 5.91 Å². The molecule has 1 fully saturated rings. The molecule has 0 aliphatic carbocycles. The van der Waals surface area contributed by atoms with Crippen molar-refractivity contribution in [3.05, 3.63) is 63.6 Å². The number of benzene rings is 1. The fraction of sp³-hybridized carbons (Fsp3) is 0.304. The summed E-state index contributed by atoms with van der Waals surface area (Å²) >= 11 is 5.45. The summed E-state index contributed by atoms with van der Waals surface area (Å²) in [5, 5.41) is 12.6. The molecule has 0 saturated carbocycles. The topological polar surface area (TPSA) is 121 Å². The number of thiocarbonyl (C=S) groups is 1. The van der Waals surface area contributed by atoms with Gasteiger partial charge in [0.1, 0.15) is 11.2 Å². The van der Waals surface area contributed by atoms with E-state index in [9.17, 15) is 19.5 Å². The lowest BCUT2D eigenvalue weighted by Crippen LogP contribution is -2.53. The summed E-state index contributed by atoms with van der Waals surface area (Å²) in [5.41, 5.74) is 0.952. The van der Waals surface area contributed by atoms with Gasteiger partial charge in [-0.15, -0.1) is 0 Å². The van der Waals surface area contributed by atoms with E-state index in [1.165, 1.54) is 12.4 Å². The number of anilines is 1. The fourth-order valence-electron chi connectivity index (χ4n) is 3.89. The lowest BCUT2D eigenvalue weighted by molar-refractivity contribution is 0.0694. The van der Waals surface area contributed by atoms with Crippen LogP contribution >= 0.6 is 12.2 Å². The molecule has 4 rings (SSSR count). The largest absolute Gasteiger partial charge is 0.477 e. The second kappa shape index (κ2) is 9.56. The van der Waals surface area contributed by atoms with Crippen LogP contribution in [0.3, 0.4) is 0 Å². The van der Waals surface area contributed by atoms with Crippen molar-refractivity contribution >= 4 is 46.2 Å². The number of carboxylic acid groups (broad SMARTS) is 1. The third-order valence-electron chi connectivity index (χ3n) is 5.83. The number of aryl methyl sites for hydroxylation is 2. The van der Waals surface area contributed by atoms with E-state index in [0.29, 0.717) is 55.0 Å². The summed E-state index contributed by atoms with van der Waals surface area (Å²) in [7, 11) is 0. The Morgan fingerprint density at radius 3 is 2.50 bits per heavy atom. The van der Waals surface area contributed by atoms with E-state index >= 15 is 0 Å². The second-order valence-corrected chi connectivity index (χ2v) is 8.31. The molecule has 176 valence electrons. The molecule has 0 unspecified atom stereocenters. The predicted octanol–water partition coefficient (Wildman–Crippen LogP) is 1.65. The van der Waals surface area contributed by atoms with Crippen molar-refractivity contribution in [1.82, 2.24) is 24.8 Å². The van der Waals surface area contributed by atoms with Crippen molar-refractivity contribution in [2.45, 2.75) is 20.4 Å². The minimum atomic E-state index is -1.28. The van der Waals surface area contributed by atoms with Gasteiger partial charge >= 0.3 is 5.97 Å². The van der Waals surface area contributed by atoms with Crippen molar-refractivity contribution < 1.29 is 14.7 Å². The number of aromatic carboxylic acids is 1. The van der Waals surface area contributed by atoms with Gasteiger partial charge in [-0.2, -0.15) is 4.98 Å². The summed E-state index contributed by atoms with van der Waals surface area (Å²) in [4.78, 5) is 49.2. The summed E-state index contributed by atoms with van der Waals surface area (Å²) in [6, 6.07) is 7.33. The third-order valence-corrected chi connectivity index (χ3v) is 6.19. The molecule has 0 radical (unpaired) electrons. The number of hydrogen-bond acceptors (Lipinski definition) is 7. The number of pyridine rings is 1. The average molecular weight is 481 g/mol. The lowest BCUT2D eigenvalue weighted by atomic mass is 10.1. The maximum atomic E-state index is 12.6. The van der Waals surface area contributed by atoms with E-state index in [1.54, 1.807) is 10.6 Å². The van der Waals surface area contributed by atoms with Crippen LogP contribution in [0.4, 0.5) is 5.95 Å². The lowest BCUT2D eigenvalue weighted by Gasteiger charge is -2.36. The van der Waals surface area contributed by atoms with E-state index in [4.69, 9.17) is 12.2 Å². The minimum absolute atomic E-state index is 0.171. The molecule has 11 heteroatoms. The van der Waals surface area contributed by atoms with E-state index in [1.807, 2.05) is 41.8 Å². The molecule has 3 aromatic rings. The molecule has 1 aromatic carbocycles. The van der Waals surface area contributed by atoms with Crippen molar-refractivity contribution in [1.29, 1.82) is 0 Å². The number of nitrogens with zero attached hydrogens (tertiary/aromatic N) is 5. The van der Waals surface area contributed by atoms with Gasteiger partial charge in [-0.25, -0.2) is 9.78 Å². The molecule has 3 heterocycles. The van der Waals surface area contributed by atoms with Crippen molar-refractivity contribution in [2.24, 2.45) is 0 Å². The van der Waals surface area contributed by atoms with Crippen molar-refractivity contribution in [3.63, 3.8) is 0 Å². The highest BCUT2D eigenvalue weighted by Crippen LogP contribution is 2.16. The summed E-state index contributed by atoms with van der Waals surface area (Å²) in [5.74, 6) is -1.06. The van der Waals surface area contributed by atoms with Crippen LogP contribution < -0.4 is 15.6 Å². The van der Waals surface area contributed by atoms with Crippen LogP contribution in [0.1, 0.15) is 33.2 Å². The first kappa shape index (κ1) is 23.3. The van der Waals surface area contributed by atoms with E-state index in [0.717, 1.165) is 5.56 Å². The number of rotatable bonds is 4. The number of nitrogens with one attached hydrogen (secondary N) is 1. The molecule has 2 aromatic heterocycles. The van der Waals surface area contributed by atoms with Crippen LogP contribution in [0.5, 0.6) is 0 Å². The highest BCUT2D eigenvalue weighted by molar-refractivity contribution is 7.80. The molecule has 2 N–H and O–H groups in total. The van der Waals surface area contributed by atoms with Gasteiger partial charge in [0, 0.05) is 50.7 Å². The van der Waals surface area contributed by atoms with Gasteiger partial charge < -0.3 is 19.5 Å². The molecule has 1 amide bonds. The summed E-state index contributed by atoms with van der Waals surface area (Å²) < 4.78 is 1.64. The standard InChI is InChI=1S/C23H24N6O4S/c1-3-27-13-17(21(32)33)18(30)16-12-24-22(25-19(16)27)28-8-10-29(11-9-28)23(34)26-20(31)15-7-5-4-6-14(15)2/h4-7,12-13H,3,8-11H2,1-2H3,(H,32,33)(H,26,31,34). The van der Waals surface area contributed by atoms with Crippen molar-refractivity contribution in [2.75, 3.05) is 31.1 Å². The number of hydrogen-bond donors (Lipinski definition) is 2. The molecule has 0 atom stereocenters. The van der Waals surface area contributed by atoms with E-state index in [2.05, 4.69) is 15.3 Å². The van der Waals surface area contributed by atoms with Crippen LogP contribution in [0.25, 0.3) is 11.0 Å². The van der Waals surface area contributed by atoms with Gasteiger partial charge in [0.2, 0.25) is 11.4 Å². The zero-order valence-electron chi connectivity index (χ0n) is 18.8. The quantitative estimate of drug-likeness (QED) is 0.537. The number of amides is 1. The monoisotopic (exact) mass is 480 g/mol. The Morgan fingerprint density at radius 2 is 1.85 bits per heavy atom. The average Bonchev–Trinajstić information content (AvgIpc) is 2.84. The Bertz CT molecular complexity index is 1350. The van der Waals surface area contributed by atoms with Crippen LogP contribution in [0.2, 0.25) is 0 Å². The fourth-order valence-corrected chi connectivity index (χ4v) is 4.17. The Kier molecular flexibility index (Phi) is 6.55. The predicted molar refractivity (Wildman–Crippen MR) is 131 cm³/mol. The molecule has 0 spiro atoms. The molecule has 0 bridgehead atoms. The molecule has 10 nitrogen and oxygen atoms in total. The second-order valence-electron chi connectivity index (χ2n) is 7.92. The van der Waals surface area contributed by atoms with Crippen molar-refractivity contribution in [3.8, 4) is 0 Å². The van der Waals surface area contributed by atoms with Gasteiger partial charge in [-0.05, 0) is 37.7 Å². The first-order valence-electron chi connectivity index (χ1n) is 10.8. The van der Waals surface area contributed by atoms with Crippen LogP contribution in [-0.4, -0.2) is 67.7 Å². The van der Waals surface area contributed by atoms with Crippen LogP contribution in [-0.2, 0) is 6.54 Å². The molecular weight excluding hydrogens is 456 g/mol. The van der Waals surface area contributed by atoms with Gasteiger partial charge in [0.15, 0.2) is 5.11 Å². The summed E-state index contributed by atoms with van der Waals surface area (Å²) in [6.45, 7) is 6.43. The maximum absolute atomic E-state index is 12.6. The van der Waals surface area contributed by atoms with E-state index in [-0.39, 0.29) is 16.9 Å². The number of carbonyl (C=O) groups is 2. The highest BCUT2D eigenvalue weighted by Gasteiger charge is 2.23. The number of carbonyl (C=O) groups excluding carboxylic acids is 1. The number of piperazine rings is 1. The Balaban J connectivity index is 1.47.